The number of hydrogen-bond acceptors (Lipinski definition) is 5. The van der Waals surface area contributed by atoms with Crippen molar-refractivity contribution in [3.8, 4) is 0 Å². The Morgan fingerprint density at radius 2 is 1.74 bits per heavy atom. The minimum atomic E-state index is -0.965. The normalized spacial score (nSPS) is 38.0. The van der Waals surface area contributed by atoms with Gasteiger partial charge < -0.3 is 4.90 Å². The van der Waals surface area contributed by atoms with Gasteiger partial charge in [0.1, 0.15) is 17.6 Å². The summed E-state index contributed by atoms with van der Waals surface area (Å²) in [5, 5.41) is 2.27. The molecule has 3 saturated heterocycles. The predicted octanol–water partition coefficient (Wildman–Crippen LogP) is 3.07. The highest BCUT2D eigenvalue weighted by molar-refractivity contribution is 6.31. The molecule has 4 aliphatic rings. The monoisotopic (exact) mass is 445 g/mol. The molecular weight excluding hydrogens is 418 g/mol. The molecule has 0 unspecified atom stereocenters. The molecule has 166 valence electrons. The van der Waals surface area contributed by atoms with Crippen LogP contribution in [0.25, 0.3) is 0 Å². The topological polar surface area (TPSA) is 70.2 Å². The lowest BCUT2D eigenvalue weighted by molar-refractivity contribution is -0.260. The van der Waals surface area contributed by atoms with Gasteiger partial charge in [0, 0.05) is 18.0 Å². The fourth-order valence-corrected chi connectivity index (χ4v) is 6.47. The van der Waals surface area contributed by atoms with Gasteiger partial charge in [-0.1, -0.05) is 38.8 Å². The molecule has 3 amide bonds. The number of amides is 3. The first-order chi connectivity index (χ1) is 14.7. The van der Waals surface area contributed by atoms with E-state index in [-0.39, 0.29) is 17.7 Å². The molecule has 0 radical (unpaired) electrons. The number of carbonyl (C=O) groups is 3. The molecule has 7 nitrogen and oxygen atoms in total. The molecule has 1 aromatic carbocycles. The first-order valence-corrected chi connectivity index (χ1v) is 11.4. The molecule has 1 aromatic rings. The number of fused-ring (bicyclic) bond motifs is 4. The van der Waals surface area contributed by atoms with Crippen molar-refractivity contribution in [2.75, 3.05) is 11.9 Å². The maximum absolute atomic E-state index is 13.5. The summed E-state index contributed by atoms with van der Waals surface area (Å²) in [7, 11) is 1.82. The fourth-order valence-electron chi connectivity index (χ4n) is 6.35. The highest BCUT2D eigenvalue weighted by atomic mass is 35.5. The van der Waals surface area contributed by atoms with Crippen LogP contribution in [0.5, 0.6) is 0 Å². The van der Waals surface area contributed by atoms with Gasteiger partial charge >= 0.3 is 0 Å². The summed E-state index contributed by atoms with van der Waals surface area (Å²) in [6.45, 7) is 6.53. The standard InChI is InChI=1S/C23H28ClN3O4/c1-12(2)16-10-5-13(3)11-23(16)25(4)21(29)18-17-19(31-27(18)23)22(30)26(20(17)28)15-8-6-14(24)7-9-15/h6-9,12-13,16-19H,5,10-11H2,1-4H3/t13-,16+,17-,18+,19+,23+/m1/s1. The van der Waals surface area contributed by atoms with Crippen LogP contribution in [0.3, 0.4) is 0 Å². The number of anilines is 1. The second-order valence-electron chi connectivity index (χ2n) is 9.82. The van der Waals surface area contributed by atoms with E-state index in [1.807, 2.05) is 7.05 Å². The van der Waals surface area contributed by atoms with E-state index in [0.29, 0.717) is 22.5 Å². The summed E-state index contributed by atoms with van der Waals surface area (Å²) in [6.07, 6.45) is 1.89. The second-order valence-corrected chi connectivity index (χ2v) is 10.3. The zero-order valence-corrected chi connectivity index (χ0v) is 19.0. The van der Waals surface area contributed by atoms with Gasteiger partial charge in [0.05, 0.1) is 5.69 Å². The lowest BCUT2D eigenvalue weighted by atomic mass is 9.69. The van der Waals surface area contributed by atoms with Crippen molar-refractivity contribution in [1.29, 1.82) is 0 Å². The van der Waals surface area contributed by atoms with E-state index in [0.717, 1.165) is 24.2 Å². The van der Waals surface area contributed by atoms with Crippen molar-refractivity contribution in [3.05, 3.63) is 29.3 Å². The lowest BCUT2D eigenvalue weighted by Gasteiger charge is -2.52. The number of rotatable bonds is 2. The summed E-state index contributed by atoms with van der Waals surface area (Å²) in [5.74, 6) is -0.795. The Morgan fingerprint density at radius 3 is 2.39 bits per heavy atom. The van der Waals surface area contributed by atoms with Gasteiger partial charge in [0.2, 0.25) is 11.8 Å². The number of carbonyl (C=O) groups excluding carboxylic acids is 3. The van der Waals surface area contributed by atoms with E-state index in [9.17, 15) is 14.4 Å². The minimum Gasteiger partial charge on any atom is -0.323 e. The summed E-state index contributed by atoms with van der Waals surface area (Å²) in [5.41, 5.74) is -0.173. The smallest absolute Gasteiger partial charge is 0.265 e. The number of hydrogen-bond donors (Lipinski definition) is 0. The van der Waals surface area contributed by atoms with E-state index < -0.39 is 29.6 Å². The fraction of sp³-hybridized carbons (Fsp3) is 0.609. The Hall–Kier alpha value is -1.96. The molecule has 1 aliphatic carbocycles. The molecule has 1 spiro atoms. The van der Waals surface area contributed by atoms with Crippen LogP contribution in [0.4, 0.5) is 5.69 Å². The van der Waals surface area contributed by atoms with Crippen LogP contribution in [-0.2, 0) is 19.2 Å². The van der Waals surface area contributed by atoms with Gasteiger partial charge in [-0.2, -0.15) is 0 Å². The highest BCUT2D eigenvalue weighted by Crippen LogP contribution is 2.55. The van der Waals surface area contributed by atoms with Crippen molar-refractivity contribution < 1.29 is 19.2 Å². The van der Waals surface area contributed by atoms with E-state index in [4.69, 9.17) is 16.4 Å². The SMILES string of the molecule is CC(C)[C@@H]1CC[C@@H](C)C[C@@]12N(C)C(=O)[C@@H]1[C@H]3C(=O)N(c4ccc(Cl)cc4)C(=O)[C@H]3ON12. The van der Waals surface area contributed by atoms with Gasteiger partial charge in [-0.3, -0.25) is 19.2 Å². The van der Waals surface area contributed by atoms with E-state index in [1.165, 1.54) is 0 Å². The number of imide groups is 1. The van der Waals surface area contributed by atoms with Crippen molar-refractivity contribution >= 4 is 35.0 Å². The van der Waals surface area contributed by atoms with Gasteiger partial charge in [-0.05, 0) is 48.9 Å². The molecular formula is C23H28ClN3O4. The second kappa shape index (κ2) is 7.02. The van der Waals surface area contributed by atoms with E-state index >= 15 is 0 Å². The van der Waals surface area contributed by atoms with Gasteiger partial charge in [0.25, 0.3) is 5.91 Å². The molecule has 8 heteroatoms. The van der Waals surface area contributed by atoms with Gasteiger partial charge in [-0.15, -0.1) is 5.06 Å². The molecule has 1 saturated carbocycles. The van der Waals surface area contributed by atoms with Gasteiger partial charge in [0.15, 0.2) is 6.10 Å². The van der Waals surface area contributed by atoms with Crippen LogP contribution in [0.2, 0.25) is 5.02 Å². The summed E-state index contributed by atoms with van der Waals surface area (Å²) in [6, 6.07) is 5.78. The zero-order valence-electron chi connectivity index (χ0n) is 18.2. The third-order valence-corrected chi connectivity index (χ3v) is 8.02. The largest absolute Gasteiger partial charge is 0.323 e. The predicted molar refractivity (Wildman–Crippen MR) is 115 cm³/mol. The summed E-state index contributed by atoms with van der Waals surface area (Å²) in [4.78, 5) is 49.4. The number of benzene rings is 1. The first kappa shape index (κ1) is 20.9. The van der Waals surface area contributed by atoms with Gasteiger partial charge in [-0.25, -0.2) is 4.90 Å². The Labute approximate surface area is 187 Å². The molecule has 3 aliphatic heterocycles. The number of nitrogens with zero attached hydrogens (tertiary/aromatic N) is 3. The lowest BCUT2D eigenvalue weighted by Crippen LogP contribution is -2.62. The van der Waals surface area contributed by atoms with Crippen molar-refractivity contribution in [2.45, 2.75) is 57.8 Å². The summed E-state index contributed by atoms with van der Waals surface area (Å²) >= 11 is 5.96. The number of halogens is 1. The molecule has 3 heterocycles. The molecule has 0 aromatic heterocycles. The first-order valence-electron chi connectivity index (χ1n) is 11.1. The minimum absolute atomic E-state index is 0.133. The Bertz CT molecular complexity index is 951. The average Bonchev–Trinajstić information content (AvgIpc) is 3.29. The highest BCUT2D eigenvalue weighted by Gasteiger charge is 2.72. The molecule has 0 bridgehead atoms. The maximum Gasteiger partial charge on any atom is 0.265 e. The van der Waals surface area contributed by atoms with Crippen LogP contribution in [0.15, 0.2) is 24.3 Å². The van der Waals surface area contributed by atoms with E-state index in [1.54, 1.807) is 34.2 Å². The summed E-state index contributed by atoms with van der Waals surface area (Å²) < 4.78 is 0. The van der Waals surface area contributed by atoms with Crippen LogP contribution in [0.1, 0.15) is 40.0 Å². The molecule has 31 heavy (non-hydrogen) atoms. The molecule has 4 fully saturated rings. The van der Waals surface area contributed by atoms with Crippen LogP contribution in [-0.4, -0.2) is 52.5 Å². The molecule has 0 N–H and O–H groups in total. The third kappa shape index (κ3) is 2.69. The number of likely N-dealkylation sites (N-methyl/N-ethyl adjacent to an activating group) is 1. The Morgan fingerprint density at radius 1 is 1.06 bits per heavy atom. The third-order valence-electron chi connectivity index (χ3n) is 7.76. The quantitative estimate of drug-likeness (QED) is 0.654. The zero-order chi connectivity index (χ0) is 22.2. The van der Waals surface area contributed by atoms with E-state index in [2.05, 4.69) is 20.8 Å². The molecule has 6 atom stereocenters. The van der Waals surface area contributed by atoms with Crippen molar-refractivity contribution in [2.24, 2.45) is 23.7 Å². The Kier molecular flexibility index (Phi) is 4.74. The maximum atomic E-state index is 13.5. The van der Waals surface area contributed by atoms with Crippen molar-refractivity contribution in [3.63, 3.8) is 0 Å². The van der Waals surface area contributed by atoms with Crippen LogP contribution in [0, 0.1) is 23.7 Å². The molecule has 5 rings (SSSR count). The number of hydroxylamine groups is 2. The van der Waals surface area contributed by atoms with Crippen molar-refractivity contribution in [1.82, 2.24) is 9.96 Å². The van der Waals surface area contributed by atoms with Crippen LogP contribution >= 0.6 is 11.6 Å². The Balaban J connectivity index is 1.54. The average molecular weight is 446 g/mol. The van der Waals surface area contributed by atoms with Crippen LogP contribution < -0.4 is 4.90 Å².